The average Bonchev–Trinajstić information content (AvgIpc) is 2.78. The third-order valence-corrected chi connectivity index (χ3v) is 6.41. The van der Waals surface area contributed by atoms with E-state index >= 15 is 0 Å². The summed E-state index contributed by atoms with van der Waals surface area (Å²) in [5, 5.41) is 1.83. The van der Waals surface area contributed by atoms with E-state index in [9.17, 15) is 26.4 Å². The van der Waals surface area contributed by atoms with Crippen LogP contribution in [0.25, 0.3) is 0 Å². The second kappa shape index (κ2) is 10.5. The zero-order valence-corrected chi connectivity index (χ0v) is 19.4. The molecular weight excluding hydrogens is 493 g/mol. The molecule has 0 spiro atoms. The van der Waals surface area contributed by atoms with Gasteiger partial charge in [-0.2, -0.15) is 13.2 Å². The fraction of sp³-hybridized carbons (Fsp3) is 0.174. The molecule has 3 aromatic rings. The highest BCUT2D eigenvalue weighted by molar-refractivity contribution is 7.89. The first kappa shape index (κ1) is 25.5. The van der Waals surface area contributed by atoms with Crippen LogP contribution in [-0.2, 0) is 27.5 Å². The van der Waals surface area contributed by atoms with Crippen molar-refractivity contribution in [3.05, 3.63) is 88.4 Å². The fourth-order valence-corrected chi connectivity index (χ4v) is 4.30. The van der Waals surface area contributed by atoms with Crippen molar-refractivity contribution < 1.29 is 31.1 Å². The zero-order valence-electron chi connectivity index (χ0n) is 17.8. The molecule has 3 rings (SSSR count). The molecule has 180 valence electrons. The molecule has 11 heteroatoms. The van der Waals surface area contributed by atoms with Crippen LogP contribution in [0.2, 0.25) is 5.02 Å². The minimum Gasteiger partial charge on any atom is -0.483 e. The Morgan fingerprint density at radius 3 is 2.38 bits per heavy atom. The SMILES string of the molecule is Cc1cc(S(=O)(=O)NCc2ccccc2)ccc1OCC(=O)Nc1ccc(Cl)c(C(F)(F)F)c1. The van der Waals surface area contributed by atoms with Crippen molar-refractivity contribution in [1.82, 2.24) is 4.72 Å². The predicted molar refractivity (Wildman–Crippen MR) is 122 cm³/mol. The smallest absolute Gasteiger partial charge is 0.417 e. The predicted octanol–water partition coefficient (Wildman–Crippen LogP) is 5.16. The maximum absolute atomic E-state index is 13.0. The summed E-state index contributed by atoms with van der Waals surface area (Å²) in [7, 11) is -3.78. The first-order valence-corrected chi connectivity index (χ1v) is 11.8. The van der Waals surface area contributed by atoms with Crippen LogP contribution >= 0.6 is 11.6 Å². The summed E-state index contributed by atoms with van der Waals surface area (Å²) in [5.41, 5.74) is 0.104. The van der Waals surface area contributed by atoms with E-state index in [0.29, 0.717) is 5.56 Å². The van der Waals surface area contributed by atoms with Crippen molar-refractivity contribution in [2.24, 2.45) is 0 Å². The van der Waals surface area contributed by atoms with Gasteiger partial charge >= 0.3 is 6.18 Å². The number of alkyl halides is 3. The number of carbonyl (C=O) groups is 1. The van der Waals surface area contributed by atoms with Crippen LogP contribution in [0.15, 0.2) is 71.6 Å². The monoisotopic (exact) mass is 512 g/mol. The lowest BCUT2D eigenvalue weighted by molar-refractivity contribution is -0.137. The highest BCUT2D eigenvalue weighted by Crippen LogP contribution is 2.36. The Balaban J connectivity index is 1.61. The molecule has 6 nitrogen and oxygen atoms in total. The van der Waals surface area contributed by atoms with Gasteiger partial charge in [-0.3, -0.25) is 4.79 Å². The van der Waals surface area contributed by atoms with Crippen LogP contribution in [-0.4, -0.2) is 20.9 Å². The van der Waals surface area contributed by atoms with Crippen molar-refractivity contribution in [3.63, 3.8) is 0 Å². The molecule has 0 aliphatic carbocycles. The number of aryl methyl sites for hydroxylation is 1. The summed E-state index contributed by atoms with van der Waals surface area (Å²) in [5.74, 6) is -0.444. The van der Waals surface area contributed by atoms with Crippen molar-refractivity contribution >= 4 is 33.2 Å². The van der Waals surface area contributed by atoms with Crippen LogP contribution in [0.4, 0.5) is 18.9 Å². The van der Waals surface area contributed by atoms with Gasteiger partial charge in [0.2, 0.25) is 10.0 Å². The van der Waals surface area contributed by atoms with E-state index in [-0.39, 0.29) is 22.9 Å². The summed E-state index contributed by atoms with van der Waals surface area (Å²) in [6.07, 6.45) is -4.66. The number of halogens is 4. The van der Waals surface area contributed by atoms with Crippen LogP contribution in [0.5, 0.6) is 5.75 Å². The molecule has 2 N–H and O–H groups in total. The lowest BCUT2D eigenvalue weighted by Crippen LogP contribution is -2.23. The van der Waals surface area contributed by atoms with Crippen molar-refractivity contribution in [2.75, 3.05) is 11.9 Å². The summed E-state index contributed by atoms with van der Waals surface area (Å²) >= 11 is 5.57. The molecule has 0 aliphatic heterocycles. The van der Waals surface area contributed by atoms with Gasteiger partial charge in [-0.05, 0) is 54.4 Å². The second-order valence-electron chi connectivity index (χ2n) is 7.27. The molecule has 0 fully saturated rings. The second-order valence-corrected chi connectivity index (χ2v) is 9.44. The molecule has 0 saturated carbocycles. The van der Waals surface area contributed by atoms with E-state index in [4.69, 9.17) is 16.3 Å². The Kier molecular flexibility index (Phi) is 7.86. The van der Waals surface area contributed by atoms with Gasteiger partial charge in [0.1, 0.15) is 5.75 Å². The number of amides is 1. The topological polar surface area (TPSA) is 84.5 Å². The highest BCUT2D eigenvalue weighted by Gasteiger charge is 2.33. The highest BCUT2D eigenvalue weighted by atomic mass is 35.5. The third-order valence-electron chi connectivity index (χ3n) is 4.68. The van der Waals surface area contributed by atoms with Crippen molar-refractivity contribution in [2.45, 2.75) is 24.5 Å². The lowest BCUT2D eigenvalue weighted by atomic mass is 10.2. The van der Waals surface area contributed by atoms with E-state index in [0.717, 1.165) is 17.7 Å². The van der Waals surface area contributed by atoms with Crippen molar-refractivity contribution in [1.29, 1.82) is 0 Å². The Morgan fingerprint density at radius 2 is 1.74 bits per heavy atom. The molecule has 0 saturated heterocycles. The normalized spacial score (nSPS) is 11.8. The van der Waals surface area contributed by atoms with Gasteiger partial charge < -0.3 is 10.1 Å². The number of sulfonamides is 1. The van der Waals surface area contributed by atoms with E-state index in [1.807, 2.05) is 6.07 Å². The van der Waals surface area contributed by atoms with Crippen LogP contribution in [0.3, 0.4) is 0 Å². The van der Waals surface area contributed by atoms with Gasteiger partial charge in [0.15, 0.2) is 6.61 Å². The fourth-order valence-electron chi connectivity index (χ4n) is 2.97. The Bertz CT molecular complexity index is 1280. The Labute approximate surface area is 199 Å². The standard InChI is InChI=1S/C23H20ClF3N2O4S/c1-15-11-18(34(31,32)28-13-16-5-3-2-4-6-16)8-10-21(15)33-14-22(30)29-17-7-9-20(24)19(12-17)23(25,26)27/h2-12,28H,13-14H2,1H3,(H,29,30). The third kappa shape index (κ3) is 6.72. The molecule has 0 unspecified atom stereocenters. The van der Waals surface area contributed by atoms with E-state index in [1.54, 1.807) is 31.2 Å². The number of hydrogen-bond acceptors (Lipinski definition) is 4. The first-order chi connectivity index (χ1) is 16.0. The molecular formula is C23H20ClF3N2O4S. The molecule has 0 bridgehead atoms. The number of nitrogens with one attached hydrogen (secondary N) is 2. The maximum atomic E-state index is 13.0. The number of benzene rings is 3. The van der Waals surface area contributed by atoms with E-state index in [1.165, 1.54) is 24.3 Å². The van der Waals surface area contributed by atoms with Gasteiger partial charge in [0, 0.05) is 12.2 Å². The molecule has 0 atom stereocenters. The van der Waals surface area contributed by atoms with Gasteiger partial charge in [0.05, 0.1) is 15.5 Å². The summed E-state index contributed by atoms with van der Waals surface area (Å²) in [6.45, 7) is 1.24. The number of hydrogen-bond donors (Lipinski definition) is 2. The summed E-state index contributed by atoms with van der Waals surface area (Å²) < 4.78 is 71.9. The van der Waals surface area contributed by atoms with Crippen LogP contribution in [0.1, 0.15) is 16.7 Å². The van der Waals surface area contributed by atoms with Gasteiger partial charge in [-0.1, -0.05) is 41.9 Å². The Morgan fingerprint density at radius 1 is 1.03 bits per heavy atom. The van der Waals surface area contributed by atoms with Gasteiger partial charge in [-0.15, -0.1) is 0 Å². The number of ether oxygens (including phenoxy) is 1. The first-order valence-electron chi connectivity index (χ1n) is 9.89. The van der Waals surface area contributed by atoms with E-state index < -0.39 is 39.3 Å². The van der Waals surface area contributed by atoms with Gasteiger partial charge in [0.25, 0.3) is 5.91 Å². The minimum atomic E-state index is -4.66. The molecule has 34 heavy (non-hydrogen) atoms. The zero-order chi connectivity index (χ0) is 24.9. The minimum absolute atomic E-state index is 0.0265. The maximum Gasteiger partial charge on any atom is 0.417 e. The molecule has 3 aromatic carbocycles. The van der Waals surface area contributed by atoms with E-state index in [2.05, 4.69) is 10.0 Å². The average molecular weight is 513 g/mol. The molecule has 0 aliphatic rings. The quantitative estimate of drug-likeness (QED) is 0.436. The molecule has 1 amide bonds. The van der Waals surface area contributed by atoms with Crippen LogP contribution < -0.4 is 14.8 Å². The number of anilines is 1. The summed E-state index contributed by atoms with van der Waals surface area (Å²) in [6, 6.07) is 16.2. The number of carbonyl (C=O) groups excluding carboxylic acids is 1. The number of rotatable bonds is 8. The van der Waals surface area contributed by atoms with Crippen molar-refractivity contribution in [3.8, 4) is 5.75 Å². The lowest BCUT2D eigenvalue weighted by Gasteiger charge is -2.13. The molecule has 0 aromatic heterocycles. The molecule has 0 radical (unpaired) electrons. The summed E-state index contributed by atoms with van der Waals surface area (Å²) in [4.78, 5) is 12.2. The van der Waals surface area contributed by atoms with Crippen LogP contribution in [0, 0.1) is 6.92 Å². The molecule has 0 heterocycles. The van der Waals surface area contributed by atoms with Gasteiger partial charge in [-0.25, -0.2) is 13.1 Å². The largest absolute Gasteiger partial charge is 0.483 e. The Hall–Kier alpha value is -3.08.